The van der Waals surface area contributed by atoms with Gasteiger partial charge < -0.3 is 25.4 Å². The zero-order chi connectivity index (χ0) is 27.7. The van der Waals surface area contributed by atoms with Gasteiger partial charge in [-0.25, -0.2) is 23.1 Å². The van der Waals surface area contributed by atoms with E-state index < -0.39 is 27.6 Å². The number of sulfonamides is 1. The summed E-state index contributed by atoms with van der Waals surface area (Å²) in [5, 5.41) is 26.1. The van der Waals surface area contributed by atoms with Crippen molar-refractivity contribution in [1.82, 2.24) is 0 Å². The van der Waals surface area contributed by atoms with Crippen molar-refractivity contribution in [3.63, 3.8) is 0 Å². The highest BCUT2D eigenvalue weighted by Crippen LogP contribution is 2.60. The maximum absolute atomic E-state index is 13.2. The van der Waals surface area contributed by atoms with Gasteiger partial charge in [0.25, 0.3) is 0 Å². The zero-order valence-corrected chi connectivity index (χ0v) is 20.7. The molecule has 4 aromatic carbocycles. The van der Waals surface area contributed by atoms with Crippen LogP contribution in [0.3, 0.4) is 0 Å². The highest BCUT2D eigenvalue weighted by Gasteiger charge is 2.55. The van der Waals surface area contributed by atoms with E-state index in [1.54, 1.807) is 24.3 Å². The molecule has 2 amide bonds. The number of carbonyl (C=O) groups is 2. The second kappa shape index (κ2) is 8.21. The van der Waals surface area contributed by atoms with Gasteiger partial charge in [0, 0.05) is 29.3 Å². The third kappa shape index (κ3) is 3.57. The Kier molecular flexibility index (Phi) is 5.11. The minimum absolute atomic E-state index is 0.00135. The number of phenols is 2. The average Bonchev–Trinajstić information content (AvgIpc) is 3.16. The monoisotopic (exact) mass is 545 g/mol. The van der Waals surface area contributed by atoms with Gasteiger partial charge >= 0.3 is 12.0 Å². The van der Waals surface area contributed by atoms with E-state index in [4.69, 9.17) is 20.3 Å². The highest BCUT2D eigenvalue weighted by molar-refractivity contribution is 7.89. The molecule has 0 aliphatic carbocycles. The zero-order valence-electron chi connectivity index (χ0n) is 19.9. The van der Waals surface area contributed by atoms with E-state index in [0.29, 0.717) is 11.1 Å². The second-order valence-electron chi connectivity index (χ2n) is 8.95. The van der Waals surface area contributed by atoms with Crippen molar-refractivity contribution < 1.29 is 37.7 Å². The first-order chi connectivity index (χ1) is 18.5. The van der Waals surface area contributed by atoms with E-state index in [1.165, 1.54) is 48.5 Å². The van der Waals surface area contributed by atoms with Crippen LogP contribution < -0.4 is 20.5 Å². The molecule has 12 heteroatoms. The lowest BCUT2D eigenvalue weighted by atomic mass is 9.76. The molecular weight excluding hydrogens is 526 g/mol. The van der Waals surface area contributed by atoms with Crippen molar-refractivity contribution in [3.8, 4) is 23.0 Å². The van der Waals surface area contributed by atoms with E-state index in [9.17, 15) is 28.2 Å². The molecule has 6 rings (SSSR count). The van der Waals surface area contributed by atoms with Crippen LogP contribution in [0, 0.1) is 0 Å². The van der Waals surface area contributed by atoms with Crippen LogP contribution in [0.5, 0.6) is 23.0 Å². The summed E-state index contributed by atoms with van der Waals surface area (Å²) in [6, 6.07) is 17.5. The first-order valence-corrected chi connectivity index (χ1v) is 13.0. The molecule has 196 valence electrons. The van der Waals surface area contributed by atoms with E-state index >= 15 is 0 Å². The highest BCUT2D eigenvalue weighted by atomic mass is 32.2. The van der Waals surface area contributed by atoms with Crippen molar-refractivity contribution in [1.29, 1.82) is 0 Å². The van der Waals surface area contributed by atoms with Crippen LogP contribution in [0.4, 0.5) is 16.2 Å². The van der Waals surface area contributed by atoms with Gasteiger partial charge in [-0.15, -0.1) is 0 Å². The summed E-state index contributed by atoms with van der Waals surface area (Å²) in [5.41, 5.74) is 5.21. The number of phenolic OH excluding ortho intramolecular Hbond substituents is 2. The standard InChI is InChI=1S/C27H19N3O8S/c28-26(34)30(14-4-3-5-17(10-14)39(29,35)36)21-11-16(32)13-23-24(21)27(20-9-8-15(31)12-22(20)37-23)19-7-2-1-6-18(19)25(33)38-27/h1-13,31-32H,(H2,28,34)(H2,29,35,36). The van der Waals surface area contributed by atoms with E-state index in [0.717, 1.165) is 11.0 Å². The third-order valence-corrected chi connectivity index (χ3v) is 7.53. The van der Waals surface area contributed by atoms with Crippen molar-refractivity contribution in [2.45, 2.75) is 10.5 Å². The number of primary sulfonamides is 1. The molecule has 4 aromatic rings. The summed E-state index contributed by atoms with van der Waals surface area (Å²) in [4.78, 5) is 26.8. The summed E-state index contributed by atoms with van der Waals surface area (Å²) in [6.45, 7) is 0. The summed E-state index contributed by atoms with van der Waals surface area (Å²) in [5.74, 6) is -0.969. The summed E-state index contributed by atoms with van der Waals surface area (Å²) >= 11 is 0. The predicted molar refractivity (Wildman–Crippen MR) is 138 cm³/mol. The van der Waals surface area contributed by atoms with Crippen molar-refractivity contribution in [3.05, 3.63) is 101 Å². The minimum Gasteiger partial charge on any atom is -0.508 e. The van der Waals surface area contributed by atoms with Crippen molar-refractivity contribution >= 4 is 33.4 Å². The van der Waals surface area contributed by atoms with Crippen molar-refractivity contribution in [2.24, 2.45) is 10.9 Å². The number of urea groups is 1. The van der Waals surface area contributed by atoms with Gasteiger partial charge in [0.2, 0.25) is 10.0 Å². The Morgan fingerprint density at radius 2 is 1.62 bits per heavy atom. The molecule has 1 atom stereocenters. The molecule has 0 fully saturated rings. The number of hydrogen-bond acceptors (Lipinski definition) is 8. The number of benzene rings is 4. The van der Waals surface area contributed by atoms with Crippen LogP contribution >= 0.6 is 0 Å². The van der Waals surface area contributed by atoms with E-state index in [-0.39, 0.29) is 50.4 Å². The lowest BCUT2D eigenvalue weighted by Crippen LogP contribution is -2.38. The first-order valence-electron chi connectivity index (χ1n) is 11.4. The minimum atomic E-state index is -4.15. The lowest BCUT2D eigenvalue weighted by molar-refractivity contribution is 0.0226. The molecule has 0 bridgehead atoms. The maximum Gasteiger partial charge on any atom is 0.340 e. The van der Waals surface area contributed by atoms with Gasteiger partial charge in [0.05, 0.1) is 27.4 Å². The number of fused-ring (bicyclic) bond motifs is 6. The number of anilines is 2. The van der Waals surface area contributed by atoms with Crippen LogP contribution in [0.25, 0.3) is 0 Å². The molecule has 1 unspecified atom stereocenters. The number of primary amides is 1. The summed E-state index contributed by atoms with van der Waals surface area (Å²) in [6.07, 6.45) is 0. The lowest BCUT2D eigenvalue weighted by Gasteiger charge is -2.39. The number of nitrogens with two attached hydrogens (primary N) is 2. The van der Waals surface area contributed by atoms with Gasteiger partial charge in [0.15, 0.2) is 5.60 Å². The number of aromatic hydroxyl groups is 2. The van der Waals surface area contributed by atoms with Crippen LogP contribution in [0.2, 0.25) is 0 Å². The molecule has 0 saturated heterocycles. The molecule has 39 heavy (non-hydrogen) atoms. The molecule has 0 aromatic heterocycles. The molecule has 2 aliphatic heterocycles. The molecule has 11 nitrogen and oxygen atoms in total. The van der Waals surface area contributed by atoms with Gasteiger partial charge in [-0.3, -0.25) is 4.90 Å². The van der Waals surface area contributed by atoms with Crippen LogP contribution in [-0.4, -0.2) is 30.6 Å². The molecule has 0 radical (unpaired) electrons. The summed E-state index contributed by atoms with van der Waals surface area (Å²) in [7, 11) is -4.15. The van der Waals surface area contributed by atoms with Gasteiger partial charge in [0.1, 0.15) is 23.0 Å². The Balaban J connectivity index is 1.72. The van der Waals surface area contributed by atoms with Gasteiger partial charge in [-0.2, -0.15) is 0 Å². The fourth-order valence-electron chi connectivity index (χ4n) is 5.12. The average molecular weight is 546 g/mol. The normalized spacial score (nSPS) is 17.0. The fourth-order valence-corrected chi connectivity index (χ4v) is 5.68. The molecule has 1 spiro atoms. The molecule has 2 aliphatic rings. The van der Waals surface area contributed by atoms with Crippen LogP contribution in [-0.2, 0) is 20.4 Å². The Morgan fingerprint density at radius 1 is 0.872 bits per heavy atom. The number of ether oxygens (including phenoxy) is 2. The topological polar surface area (TPSA) is 182 Å². The van der Waals surface area contributed by atoms with Gasteiger partial charge in [-0.05, 0) is 36.4 Å². The maximum atomic E-state index is 13.2. The van der Waals surface area contributed by atoms with E-state index in [1.807, 2.05) is 0 Å². The van der Waals surface area contributed by atoms with Crippen LogP contribution in [0.1, 0.15) is 27.0 Å². The Bertz CT molecular complexity index is 1840. The molecule has 0 saturated carbocycles. The summed E-state index contributed by atoms with van der Waals surface area (Å²) < 4.78 is 36.3. The number of carbonyl (C=O) groups excluding carboxylic acids is 2. The van der Waals surface area contributed by atoms with Crippen molar-refractivity contribution in [2.75, 3.05) is 4.90 Å². The number of hydrogen-bond donors (Lipinski definition) is 4. The number of amides is 2. The SMILES string of the molecule is NC(=O)N(c1cccc(S(N)(=O)=O)c1)c1cc(O)cc2c1C1(OC(=O)c3ccccc31)c1ccc(O)cc1O2. The molecular formula is C27H19N3O8S. The van der Waals surface area contributed by atoms with Crippen LogP contribution in [0.15, 0.2) is 83.8 Å². The first kappa shape index (κ1) is 24.3. The smallest absolute Gasteiger partial charge is 0.340 e. The number of nitrogens with zero attached hydrogens (tertiary/aromatic N) is 1. The Labute approximate surface area is 221 Å². The number of rotatable bonds is 3. The van der Waals surface area contributed by atoms with Gasteiger partial charge in [-0.1, -0.05) is 24.3 Å². The fraction of sp³-hybridized carbons (Fsp3) is 0.0370. The number of esters is 1. The largest absolute Gasteiger partial charge is 0.508 e. The second-order valence-corrected chi connectivity index (χ2v) is 10.5. The quantitative estimate of drug-likeness (QED) is 0.282. The van der Waals surface area contributed by atoms with E-state index in [2.05, 4.69) is 0 Å². The molecule has 2 heterocycles. The molecule has 6 N–H and O–H groups in total. The Hall–Kier alpha value is -5.07. The predicted octanol–water partition coefficient (Wildman–Crippen LogP) is 3.53. The Morgan fingerprint density at radius 3 is 2.36 bits per heavy atom. The third-order valence-electron chi connectivity index (χ3n) is 6.62.